The Kier molecular flexibility index (Phi) is 3.50. The van der Waals surface area contributed by atoms with E-state index in [1.165, 1.54) is 10.9 Å². The lowest BCUT2D eigenvalue weighted by Gasteiger charge is -2.00. The van der Waals surface area contributed by atoms with E-state index in [-0.39, 0.29) is 5.69 Å². The van der Waals surface area contributed by atoms with Crippen molar-refractivity contribution in [1.82, 2.24) is 4.98 Å². The summed E-state index contributed by atoms with van der Waals surface area (Å²) in [7, 11) is 0. The van der Waals surface area contributed by atoms with E-state index in [1.807, 2.05) is 36.4 Å². The number of hydrogen-bond donors (Lipinski definition) is 0. The molecule has 0 atom stereocenters. The maximum absolute atomic E-state index is 11.1. The van der Waals surface area contributed by atoms with Crippen LogP contribution in [0.1, 0.15) is 15.4 Å². The molecule has 3 aromatic rings. The second-order valence-electron chi connectivity index (χ2n) is 4.62. The summed E-state index contributed by atoms with van der Waals surface area (Å²) < 4.78 is 0. The van der Waals surface area contributed by atoms with Gasteiger partial charge in [0.25, 0.3) is 5.69 Å². The molecule has 1 aromatic carbocycles. The molecule has 21 heavy (non-hydrogen) atoms. The molecule has 0 spiro atoms. The number of non-ortho nitro benzene ring substituents is 1. The van der Waals surface area contributed by atoms with E-state index < -0.39 is 4.92 Å². The summed E-state index contributed by atoms with van der Waals surface area (Å²) in [5.41, 5.74) is 1.17. The summed E-state index contributed by atoms with van der Waals surface area (Å²) in [4.78, 5) is 17.4. The second kappa shape index (κ2) is 5.46. The fourth-order valence-electron chi connectivity index (χ4n) is 2.10. The molecule has 0 unspecified atom stereocenters. The Bertz CT molecular complexity index is 852. The van der Waals surface area contributed by atoms with Crippen LogP contribution in [-0.2, 0) is 0 Å². The SMILES string of the molecule is Cc1ccc(/C=C/c2ccc3cccc([N+](=O)[O-])c3n2)s1. The fraction of sp³-hybridized carbons (Fsp3) is 0.0625. The van der Waals surface area contributed by atoms with Gasteiger partial charge in [-0.15, -0.1) is 11.3 Å². The van der Waals surface area contributed by atoms with Crippen molar-refractivity contribution in [2.45, 2.75) is 6.92 Å². The van der Waals surface area contributed by atoms with E-state index in [9.17, 15) is 10.1 Å². The smallest absolute Gasteiger partial charge is 0.258 e. The van der Waals surface area contributed by atoms with Gasteiger partial charge < -0.3 is 0 Å². The third kappa shape index (κ3) is 2.83. The number of thiophene rings is 1. The van der Waals surface area contributed by atoms with Crippen molar-refractivity contribution >= 4 is 40.1 Å². The van der Waals surface area contributed by atoms with Gasteiger partial charge in [0, 0.05) is 21.2 Å². The molecular formula is C16H12N2O2S. The summed E-state index contributed by atoms with van der Waals surface area (Å²) in [6.45, 7) is 2.06. The third-order valence-corrected chi connectivity index (χ3v) is 4.06. The van der Waals surface area contributed by atoms with Crippen LogP contribution < -0.4 is 0 Å². The molecule has 0 aliphatic heterocycles. The predicted octanol–water partition coefficient (Wildman–Crippen LogP) is 4.68. The summed E-state index contributed by atoms with van der Waals surface area (Å²) in [6, 6.07) is 12.8. The Morgan fingerprint density at radius 1 is 1.14 bits per heavy atom. The molecule has 0 bridgehead atoms. The van der Waals surface area contributed by atoms with Crippen LogP contribution in [0.3, 0.4) is 0 Å². The van der Waals surface area contributed by atoms with Crippen molar-refractivity contribution in [3.05, 3.63) is 68.0 Å². The Morgan fingerprint density at radius 2 is 2.00 bits per heavy atom. The average Bonchev–Trinajstić information content (AvgIpc) is 2.89. The molecule has 5 heteroatoms. The number of benzene rings is 1. The van der Waals surface area contributed by atoms with Crippen LogP contribution >= 0.6 is 11.3 Å². The minimum atomic E-state index is -0.397. The number of para-hydroxylation sites is 1. The standard InChI is InChI=1S/C16H12N2O2S/c1-11-5-9-14(21-11)10-8-13-7-6-12-3-2-4-15(18(19)20)16(12)17-13/h2-10H,1H3/b10-8+. The molecule has 2 aromatic heterocycles. The Hall–Kier alpha value is -2.53. The van der Waals surface area contributed by atoms with Crippen LogP contribution in [0.5, 0.6) is 0 Å². The van der Waals surface area contributed by atoms with E-state index in [2.05, 4.69) is 18.0 Å². The minimum absolute atomic E-state index is 0.0368. The number of nitrogens with zero attached hydrogens (tertiary/aromatic N) is 2. The molecule has 0 aliphatic carbocycles. The zero-order chi connectivity index (χ0) is 14.8. The van der Waals surface area contributed by atoms with Gasteiger partial charge in [-0.1, -0.05) is 18.2 Å². The molecule has 2 heterocycles. The first-order chi connectivity index (χ1) is 10.1. The zero-order valence-corrected chi connectivity index (χ0v) is 12.1. The number of rotatable bonds is 3. The fourth-order valence-corrected chi connectivity index (χ4v) is 2.88. The number of nitro groups is 1. The normalized spacial score (nSPS) is 11.3. The maximum Gasteiger partial charge on any atom is 0.295 e. The molecule has 104 valence electrons. The number of aromatic nitrogens is 1. The molecule has 0 saturated heterocycles. The summed E-state index contributed by atoms with van der Waals surface area (Å²) >= 11 is 1.70. The summed E-state index contributed by atoms with van der Waals surface area (Å²) in [5, 5.41) is 11.8. The average molecular weight is 296 g/mol. The highest BCUT2D eigenvalue weighted by molar-refractivity contribution is 7.12. The molecule has 4 nitrogen and oxygen atoms in total. The highest BCUT2D eigenvalue weighted by Gasteiger charge is 2.12. The van der Waals surface area contributed by atoms with Crippen LogP contribution in [0.15, 0.2) is 42.5 Å². The minimum Gasteiger partial charge on any atom is -0.258 e. The topological polar surface area (TPSA) is 56.0 Å². The molecule has 3 rings (SSSR count). The molecule has 0 amide bonds. The Labute approximate surface area is 125 Å². The second-order valence-corrected chi connectivity index (χ2v) is 5.94. The summed E-state index contributed by atoms with van der Waals surface area (Å²) in [5.74, 6) is 0. The zero-order valence-electron chi connectivity index (χ0n) is 11.3. The number of fused-ring (bicyclic) bond motifs is 1. The quantitative estimate of drug-likeness (QED) is 0.520. The molecular weight excluding hydrogens is 284 g/mol. The largest absolute Gasteiger partial charge is 0.295 e. The maximum atomic E-state index is 11.1. The van der Waals surface area contributed by atoms with E-state index >= 15 is 0 Å². The van der Waals surface area contributed by atoms with Gasteiger partial charge >= 0.3 is 0 Å². The van der Waals surface area contributed by atoms with Gasteiger partial charge in [0.2, 0.25) is 0 Å². The highest BCUT2D eigenvalue weighted by atomic mass is 32.1. The number of nitro benzene ring substituents is 1. The van der Waals surface area contributed by atoms with Crippen LogP contribution in [0.4, 0.5) is 5.69 Å². The van der Waals surface area contributed by atoms with Crippen molar-refractivity contribution in [3.8, 4) is 0 Å². The van der Waals surface area contributed by atoms with Gasteiger partial charge in [-0.05, 0) is 37.3 Å². The Morgan fingerprint density at radius 3 is 2.71 bits per heavy atom. The molecule has 0 fully saturated rings. The molecule has 0 radical (unpaired) electrons. The lowest BCUT2D eigenvalue weighted by atomic mass is 10.1. The number of aryl methyl sites for hydroxylation is 1. The van der Waals surface area contributed by atoms with Gasteiger partial charge in [0.05, 0.1) is 10.6 Å². The highest BCUT2D eigenvalue weighted by Crippen LogP contribution is 2.24. The van der Waals surface area contributed by atoms with E-state index in [0.717, 1.165) is 10.3 Å². The van der Waals surface area contributed by atoms with E-state index in [0.29, 0.717) is 11.2 Å². The van der Waals surface area contributed by atoms with Crippen molar-refractivity contribution in [1.29, 1.82) is 0 Å². The van der Waals surface area contributed by atoms with Crippen molar-refractivity contribution in [2.75, 3.05) is 0 Å². The number of hydrogen-bond acceptors (Lipinski definition) is 4. The van der Waals surface area contributed by atoms with Gasteiger partial charge in [-0.25, -0.2) is 4.98 Å². The van der Waals surface area contributed by atoms with Crippen LogP contribution in [0.2, 0.25) is 0 Å². The lowest BCUT2D eigenvalue weighted by molar-refractivity contribution is -0.383. The van der Waals surface area contributed by atoms with Gasteiger partial charge in [-0.2, -0.15) is 0 Å². The summed E-state index contributed by atoms with van der Waals surface area (Å²) in [6.07, 6.45) is 3.85. The van der Waals surface area contributed by atoms with Gasteiger partial charge in [-0.3, -0.25) is 10.1 Å². The van der Waals surface area contributed by atoms with Crippen LogP contribution in [0.25, 0.3) is 23.1 Å². The number of pyridine rings is 1. The Balaban J connectivity index is 2.02. The first-order valence-corrected chi connectivity index (χ1v) is 7.24. The van der Waals surface area contributed by atoms with Crippen LogP contribution in [-0.4, -0.2) is 9.91 Å². The van der Waals surface area contributed by atoms with E-state index in [4.69, 9.17) is 0 Å². The van der Waals surface area contributed by atoms with Gasteiger partial charge in [0.15, 0.2) is 0 Å². The van der Waals surface area contributed by atoms with Gasteiger partial charge in [0.1, 0.15) is 5.52 Å². The third-order valence-electron chi connectivity index (χ3n) is 3.10. The van der Waals surface area contributed by atoms with Crippen molar-refractivity contribution < 1.29 is 4.92 Å². The van der Waals surface area contributed by atoms with Crippen molar-refractivity contribution in [2.24, 2.45) is 0 Å². The predicted molar refractivity (Wildman–Crippen MR) is 86.4 cm³/mol. The molecule has 0 N–H and O–H groups in total. The first-order valence-electron chi connectivity index (χ1n) is 6.42. The monoisotopic (exact) mass is 296 g/mol. The van der Waals surface area contributed by atoms with Crippen molar-refractivity contribution in [3.63, 3.8) is 0 Å². The van der Waals surface area contributed by atoms with E-state index in [1.54, 1.807) is 17.4 Å². The van der Waals surface area contributed by atoms with Crippen LogP contribution in [0, 0.1) is 17.0 Å². The molecule has 0 saturated carbocycles. The lowest BCUT2D eigenvalue weighted by Crippen LogP contribution is -1.92. The molecule has 0 aliphatic rings. The first kappa shape index (κ1) is 13.5.